The number of hydrogen-bond acceptors (Lipinski definition) is 3. The Hall–Kier alpha value is -1.49. The zero-order valence-corrected chi connectivity index (χ0v) is 9.37. The molecule has 0 bridgehead atoms. The maximum Gasteiger partial charge on any atom is 0.302 e. The molecule has 0 N–H and O–H groups in total. The molecule has 1 heterocycles. The van der Waals surface area contributed by atoms with Crippen LogP contribution in [0.2, 0.25) is 0 Å². The van der Waals surface area contributed by atoms with Gasteiger partial charge in [-0.05, 0) is 18.2 Å². The number of likely N-dealkylation sites (N-methyl/N-ethyl adjacent to an activating group) is 1. The molecule has 0 unspecified atom stereocenters. The molecule has 0 radical (unpaired) electrons. The lowest BCUT2D eigenvalue weighted by Gasteiger charge is -2.23. The lowest BCUT2D eigenvalue weighted by molar-refractivity contribution is -0.133. The van der Waals surface area contributed by atoms with Crippen molar-refractivity contribution in [2.45, 2.75) is 0 Å². The van der Waals surface area contributed by atoms with E-state index in [2.05, 4.69) is 15.9 Å². The van der Waals surface area contributed by atoms with Gasteiger partial charge in [-0.3, -0.25) is 14.4 Å². The summed E-state index contributed by atoms with van der Waals surface area (Å²) in [4.78, 5) is 35.3. The molecule has 0 atom stereocenters. The lowest BCUT2D eigenvalue weighted by atomic mass is 9.99. The molecule has 76 valence electrons. The standard InChI is InChI=1S/C10H6BrNO3/c1-12-7-3-2-5(11)4-6(7)8(13)9(14)10(12)15/h2-4H,1H3. The van der Waals surface area contributed by atoms with E-state index in [0.29, 0.717) is 10.2 Å². The molecule has 0 spiro atoms. The van der Waals surface area contributed by atoms with Crippen LogP contribution in [0.4, 0.5) is 5.69 Å². The van der Waals surface area contributed by atoms with Crippen LogP contribution in [0.25, 0.3) is 0 Å². The number of benzene rings is 1. The number of nitrogens with zero attached hydrogens (tertiary/aromatic N) is 1. The fraction of sp³-hybridized carbons (Fsp3) is 0.100. The van der Waals surface area contributed by atoms with E-state index in [4.69, 9.17) is 0 Å². The molecule has 0 aromatic heterocycles. The van der Waals surface area contributed by atoms with Crippen molar-refractivity contribution in [3.8, 4) is 0 Å². The molecule has 0 saturated carbocycles. The van der Waals surface area contributed by atoms with Gasteiger partial charge in [-0.1, -0.05) is 15.9 Å². The highest BCUT2D eigenvalue weighted by molar-refractivity contribution is 9.10. The van der Waals surface area contributed by atoms with Gasteiger partial charge in [0.15, 0.2) is 0 Å². The van der Waals surface area contributed by atoms with Gasteiger partial charge in [0.25, 0.3) is 5.78 Å². The first-order valence-electron chi connectivity index (χ1n) is 4.18. The van der Waals surface area contributed by atoms with E-state index >= 15 is 0 Å². The highest BCUT2D eigenvalue weighted by Gasteiger charge is 2.35. The Labute approximate surface area is 94.0 Å². The van der Waals surface area contributed by atoms with Crippen molar-refractivity contribution < 1.29 is 14.4 Å². The Balaban J connectivity index is 2.69. The SMILES string of the molecule is CN1C(=O)C(=O)C(=O)c2cc(Br)ccc21. The van der Waals surface area contributed by atoms with Crippen LogP contribution < -0.4 is 4.90 Å². The third-order valence-electron chi connectivity index (χ3n) is 2.27. The Morgan fingerprint density at radius 3 is 2.47 bits per heavy atom. The minimum absolute atomic E-state index is 0.261. The van der Waals surface area contributed by atoms with Gasteiger partial charge in [-0.2, -0.15) is 0 Å². The number of Topliss-reactive ketones (excluding diaryl/α,β-unsaturated/α-hetero) is 2. The van der Waals surface area contributed by atoms with E-state index in [1.54, 1.807) is 18.2 Å². The summed E-state index contributed by atoms with van der Waals surface area (Å²) >= 11 is 3.21. The van der Waals surface area contributed by atoms with Crippen LogP contribution in [0.5, 0.6) is 0 Å². The van der Waals surface area contributed by atoms with E-state index in [1.807, 2.05) is 0 Å². The van der Waals surface area contributed by atoms with E-state index in [1.165, 1.54) is 11.9 Å². The topological polar surface area (TPSA) is 54.5 Å². The first-order valence-corrected chi connectivity index (χ1v) is 4.98. The maximum atomic E-state index is 11.5. The molecule has 5 heteroatoms. The number of rotatable bonds is 0. The van der Waals surface area contributed by atoms with Crippen LogP contribution in [0, 0.1) is 0 Å². The van der Waals surface area contributed by atoms with Crippen LogP contribution in [0.3, 0.4) is 0 Å². The average molecular weight is 268 g/mol. The van der Waals surface area contributed by atoms with Gasteiger partial charge < -0.3 is 4.90 Å². The zero-order valence-electron chi connectivity index (χ0n) is 7.78. The third-order valence-corrected chi connectivity index (χ3v) is 2.76. The Kier molecular flexibility index (Phi) is 2.19. The molecular formula is C10H6BrNO3. The molecular weight excluding hydrogens is 262 g/mol. The zero-order chi connectivity index (χ0) is 11.2. The number of carbonyl (C=O) groups excluding carboxylic acids is 3. The molecule has 1 aliphatic rings. The van der Waals surface area contributed by atoms with Crippen molar-refractivity contribution in [1.29, 1.82) is 0 Å². The minimum Gasteiger partial charge on any atom is -0.308 e. The van der Waals surface area contributed by atoms with Crippen LogP contribution in [-0.2, 0) is 9.59 Å². The van der Waals surface area contributed by atoms with E-state index < -0.39 is 17.5 Å². The summed E-state index contributed by atoms with van der Waals surface area (Å²) in [7, 11) is 1.47. The molecule has 15 heavy (non-hydrogen) atoms. The van der Waals surface area contributed by atoms with Gasteiger partial charge in [0.2, 0.25) is 5.78 Å². The number of carbonyl (C=O) groups is 3. The van der Waals surface area contributed by atoms with Crippen molar-refractivity contribution in [3.63, 3.8) is 0 Å². The van der Waals surface area contributed by atoms with Crippen molar-refractivity contribution in [2.75, 3.05) is 11.9 Å². The largest absolute Gasteiger partial charge is 0.308 e. The second-order valence-electron chi connectivity index (χ2n) is 3.18. The average Bonchev–Trinajstić information content (AvgIpc) is 2.23. The van der Waals surface area contributed by atoms with Gasteiger partial charge in [-0.25, -0.2) is 0 Å². The van der Waals surface area contributed by atoms with E-state index in [0.717, 1.165) is 0 Å². The number of hydrogen-bond donors (Lipinski definition) is 0. The van der Waals surface area contributed by atoms with E-state index in [-0.39, 0.29) is 5.56 Å². The highest BCUT2D eigenvalue weighted by Crippen LogP contribution is 2.27. The second kappa shape index (κ2) is 3.27. The fourth-order valence-electron chi connectivity index (χ4n) is 1.46. The van der Waals surface area contributed by atoms with E-state index in [9.17, 15) is 14.4 Å². The van der Waals surface area contributed by atoms with Crippen molar-refractivity contribution in [2.24, 2.45) is 0 Å². The van der Waals surface area contributed by atoms with Gasteiger partial charge in [0, 0.05) is 11.5 Å². The number of amides is 1. The molecule has 2 rings (SSSR count). The first kappa shape index (κ1) is 10.0. The number of ketones is 2. The number of fused-ring (bicyclic) bond motifs is 1. The molecule has 0 saturated heterocycles. The lowest BCUT2D eigenvalue weighted by Crippen LogP contribution is -2.42. The fourth-order valence-corrected chi connectivity index (χ4v) is 1.82. The number of halogens is 1. The molecule has 1 aromatic rings. The highest BCUT2D eigenvalue weighted by atomic mass is 79.9. The predicted octanol–water partition coefficient (Wildman–Crippen LogP) is 1.18. The quantitative estimate of drug-likeness (QED) is 0.664. The summed E-state index contributed by atoms with van der Waals surface area (Å²) in [5, 5.41) is 0. The van der Waals surface area contributed by atoms with Crippen LogP contribution in [-0.4, -0.2) is 24.5 Å². The summed E-state index contributed by atoms with van der Waals surface area (Å²) in [6.45, 7) is 0. The van der Waals surface area contributed by atoms with Crippen molar-refractivity contribution in [3.05, 3.63) is 28.2 Å². The second-order valence-corrected chi connectivity index (χ2v) is 4.10. The summed E-state index contributed by atoms with van der Waals surface area (Å²) in [5.74, 6) is -2.51. The summed E-state index contributed by atoms with van der Waals surface area (Å²) in [6.07, 6.45) is 0. The number of anilines is 1. The normalized spacial score (nSPS) is 15.6. The van der Waals surface area contributed by atoms with Crippen LogP contribution >= 0.6 is 15.9 Å². The Bertz CT molecular complexity index is 495. The van der Waals surface area contributed by atoms with Crippen LogP contribution in [0.15, 0.2) is 22.7 Å². The molecule has 1 aliphatic heterocycles. The van der Waals surface area contributed by atoms with Crippen molar-refractivity contribution in [1.82, 2.24) is 0 Å². The summed E-state index contributed by atoms with van der Waals surface area (Å²) < 4.78 is 0.699. The van der Waals surface area contributed by atoms with Crippen molar-refractivity contribution >= 4 is 39.1 Å². The smallest absolute Gasteiger partial charge is 0.302 e. The molecule has 4 nitrogen and oxygen atoms in total. The van der Waals surface area contributed by atoms with Gasteiger partial charge in [0.05, 0.1) is 11.3 Å². The molecule has 0 aliphatic carbocycles. The minimum atomic E-state index is -0.983. The molecule has 1 aromatic carbocycles. The Morgan fingerprint density at radius 1 is 1.13 bits per heavy atom. The first-order chi connectivity index (χ1) is 7.02. The molecule has 1 amide bonds. The Morgan fingerprint density at radius 2 is 1.80 bits per heavy atom. The summed E-state index contributed by atoms with van der Waals surface area (Å²) in [6, 6.07) is 4.88. The summed E-state index contributed by atoms with van der Waals surface area (Å²) in [5.41, 5.74) is 0.726. The predicted molar refractivity (Wildman–Crippen MR) is 56.9 cm³/mol. The maximum absolute atomic E-state index is 11.5. The van der Waals surface area contributed by atoms with Gasteiger partial charge in [-0.15, -0.1) is 0 Å². The monoisotopic (exact) mass is 267 g/mol. The third kappa shape index (κ3) is 1.39. The van der Waals surface area contributed by atoms with Crippen LogP contribution in [0.1, 0.15) is 10.4 Å². The van der Waals surface area contributed by atoms with Gasteiger partial charge >= 0.3 is 5.91 Å². The molecule has 0 fully saturated rings. The van der Waals surface area contributed by atoms with Gasteiger partial charge in [0.1, 0.15) is 0 Å².